The molecular formula is C25H31N3O6. The van der Waals surface area contributed by atoms with Gasteiger partial charge in [-0.15, -0.1) is 0 Å². The Morgan fingerprint density at radius 1 is 1.00 bits per heavy atom. The Morgan fingerprint density at radius 2 is 1.59 bits per heavy atom. The zero-order valence-electron chi connectivity index (χ0n) is 19.5. The lowest BCUT2D eigenvalue weighted by Gasteiger charge is -2.31. The van der Waals surface area contributed by atoms with Crippen molar-refractivity contribution in [1.29, 1.82) is 5.41 Å². The largest absolute Gasteiger partial charge is 0.480 e. The summed E-state index contributed by atoms with van der Waals surface area (Å²) in [6.45, 7) is 2.00. The molecule has 34 heavy (non-hydrogen) atoms. The predicted octanol–water partition coefficient (Wildman–Crippen LogP) is 3.88. The van der Waals surface area contributed by atoms with Gasteiger partial charge in [0, 0.05) is 13.5 Å². The number of hydrogen-bond acceptors (Lipinski definition) is 6. The third-order valence-electron chi connectivity index (χ3n) is 5.09. The Hall–Kier alpha value is -3.88. The summed E-state index contributed by atoms with van der Waals surface area (Å²) in [5.74, 6) is -2.55. The molecule has 2 aromatic carbocycles. The molecule has 1 unspecified atom stereocenters. The minimum atomic E-state index is -1.19. The normalized spacial score (nSPS) is 11.2. The molecule has 0 saturated carbocycles. The number of hydrogen-bond donors (Lipinski definition) is 2. The maximum atomic E-state index is 12.6. The molecule has 9 heteroatoms. The van der Waals surface area contributed by atoms with E-state index in [9.17, 15) is 19.5 Å². The molecule has 1 atom stereocenters. The van der Waals surface area contributed by atoms with Crippen molar-refractivity contribution in [3.63, 3.8) is 0 Å². The van der Waals surface area contributed by atoms with Crippen molar-refractivity contribution in [2.45, 2.75) is 45.1 Å². The van der Waals surface area contributed by atoms with Gasteiger partial charge in [-0.2, -0.15) is 0 Å². The van der Waals surface area contributed by atoms with Gasteiger partial charge >= 0.3 is 18.0 Å². The van der Waals surface area contributed by atoms with Crippen molar-refractivity contribution in [3.8, 4) is 0 Å². The van der Waals surface area contributed by atoms with Crippen LogP contribution in [0, 0.1) is 5.41 Å². The van der Waals surface area contributed by atoms with Crippen LogP contribution >= 0.6 is 0 Å². The SMILES string of the molecule is CCCCOC(=O)N(OC(=O)CCc1ccccc1)C(=N)N(C)C(Cc1ccccc1)C(=O)O. The van der Waals surface area contributed by atoms with Gasteiger partial charge < -0.3 is 19.6 Å². The van der Waals surface area contributed by atoms with E-state index in [1.54, 1.807) is 24.3 Å². The Labute approximate surface area is 199 Å². The Kier molecular flexibility index (Phi) is 10.6. The number of nitrogens with one attached hydrogen (secondary N) is 1. The molecule has 1 amide bonds. The van der Waals surface area contributed by atoms with E-state index in [0.717, 1.165) is 22.4 Å². The molecule has 0 heterocycles. The number of amides is 1. The fourth-order valence-electron chi connectivity index (χ4n) is 3.09. The number of rotatable bonds is 10. The van der Waals surface area contributed by atoms with Crippen LogP contribution in [-0.2, 0) is 32.0 Å². The van der Waals surface area contributed by atoms with Crippen LogP contribution in [0.3, 0.4) is 0 Å². The number of carbonyl (C=O) groups excluding carboxylic acids is 2. The first-order valence-electron chi connectivity index (χ1n) is 11.1. The van der Waals surface area contributed by atoms with Crippen LogP contribution < -0.4 is 0 Å². The van der Waals surface area contributed by atoms with E-state index >= 15 is 0 Å². The number of nitrogens with zero attached hydrogens (tertiary/aromatic N) is 2. The summed E-state index contributed by atoms with van der Waals surface area (Å²) in [5, 5.41) is 18.6. The van der Waals surface area contributed by atoms with Gasteiger partial charge in [0.25, 0.3) is 0 Å². The lowest BCUT2D eigenvalue weighted by atomic mass is 10.1. The summed E-state index contributed by atoms with van der Waals surface area (Å²) >= 11 is 0. The number of guanidine groups is 1. The van der Waals surface area contributed by atoms with Gasteiger partial charge in [0.2, 0.25) is 5.96 Å². The number of benzene rings is 2. The molecular weight excluding hydrogens is 438 g/mol. The molecule has 2 rings (SSSR count). The molecule has 182 valence electrons. The quantitative estimate of drug-likeness (QED) is 0.234. The Bertz CT molecular complexity index is 952. The molecule has 0 bridgehead atoms. The van der Waals surface area contributed by atoms with Crippen LogP contribution in [0.4, 0.5) is 4.79 Å². The van der Waals surface area contributed by atoms with E-state index in [4.69, 9.17) is 15.0 Å². The standard InChI is InChI=1S/C25H31N3O6/c1-3-4-17-33-25(32)28(34-22(29)16-15-19-11-7-5-8-12-19)24(26)27(2)21(23(30)31)18-20-13-9-6-10-14-20/h5-14,21,26H,3-4,15-18H2,1-2H3,(H,30,31). The van der Waals surface area contributed by atoms with Gasteiger partial charge in [-0.3, -0.25) is 5.41 Å². The van der Waals surface area contributed by atoms with Crippen LogP contribution in [0.15, 0.2) is 60.7 Å². The number of hydroxylamine groups is 2. The van der Waals surface area contributed by atoms with Crippen LogP contribution in [0.2, 0.25) is 0 Å². The highest BCUT2D eigenvalue weighted by molar-refractivity contribution is 5.94. The monoisotopic (exact) mass is 469 g/mol. The van der Waals surface area contributed by atoms with Crippen LogP contribution in [0.1, 0.15) is 37.3 Å². The number of carboxylic acids is 1. The van der Waals surface area contributed by atoms with Gasteiger partial charge in [-0.1, -0.05) is 79.1 Å². The van der Waals surface area contributed by atoms with Crippen LogP contribution in [0.25, 0.3) is 0 Å². The second-order valence-corrected chi connectivity index (χ2v) is 7.69. The van der Waals surface area contributed by atoms with E-state index in [2.05, 4.69) is 0 Å². The second-order valence-electron chi connectivity index (χ2n) is 7.69. The zero-order chi connectivity index (χ0) is 24.9. The molecule has 2 aromatic rings. The van der Waals surface area contributed by atoms with Gasteiger partial charge in [-0.05, 0) is 24.0 Å². The molecule has 0 aliphatic heterocycles. The number of likely N-dealkylation sites (N-methyl/N-ethyl adjacent to an activating group) is 1. The van der Waals surface area contributed by atoms with E-state index in [0.29, 0.717) is 17.9 Å². The lowest BCUT2D eigenvalue weighted by molar-refractivity contribution is -0.169. The van der Waals surface area contributed by atoms with E-state index in [-0.39, 0.29) is 19.4 Å². The van der Waals surface area contributed by atoms with Crippen molar-refractivity contribution >= 4 is 24.0 Å². The van der Waals surface area contributed by atoms with E-state index < -0.39 is 30.0 Å². The number of carboxylic acid groups (broad SMARTS) is 1. The maximum Gasteiger partial charge on any atom is 0.451 e. The van der Waals surface area contributed by atoms with Gasteiger partial charge in [0.15, 0.2) is 0 Å². The summed E-state index contributed by atoms with van der Waals surface area (Å²) in [5.41, 5.74) is 1.66. The number of carbonyl (C=O) groups is 3. The van der Waals surface area contributed by atoms with Crippen molar-refractivity contribution in [1.82, 2.24) is 9.96 Å². The highest BCUT2D eigenvalue weighted by atomic mass is 16.8. The number of aryl methyl sites for hydroxylation is 1. The minimum Gasteiger partial charge on any atom is -0.480 e. The average Bonchev–Trinajstić information content (AvgIpc) is 2.85. The summed E-state index contributed by atoms with van der Waals surface area (Å²) in [6.07, 6.45) is 0.743. The Morgan fingerprint density at radius 3 is 2.15 bits per heavy atom. The first-order chi connectivity index (χ1) is 16.3. The summed E-state index contributed by atoms with van der Waals surface area (Å²) < 4.78 is 5.13. The first kappa shape index (κ1) is 26.4. The number of unbranched alkanes of at least 4 members (excludes halogenated alkanes) is 1. The third kappa shape index (κ3) is 8.23. The van der Waals surface area contributed by atoms with Crippen LogP contribution in [-0.4, -0.2) is 58.8 Å². The van der Waals surface area contributed by atoms with Crippen molar-refractivity contribution in [3.05, 3.63) is 71.8 Å². The smallest absolute Gasteiger partial charge is 0.451 e. The van der Waals surface area contributed by atoms with Crippen LogP contribution in [0.5, 0.6) is 0 Å². The summed E-state index contributed by atoms with van der Waals surface area (Å²) in [4.78, 5) is 43.3. The molecule has 9 nitrogen and oxygen atoms in total. The van der Waals surface area contributed by atoms with Gasteiger partial charge in [0.05, 0.1) is 13.0 Å². The Balaban J connectivity index is 2.14. The van der Waals surface area contributed by atoms with Gasteiger partial charge in [-0.25, -0.2) is 14.4 Å². The fraction of sp³-hybridized carbons (Fsp3) is 0.360. The number of ether oxygens (including phenoxy) is 1. The molecule has 0 fully saturated rings. The molecule has 0 radical (unpaired) electrons. The fourth-order valence-corrected chi connectivity index (χ4v) is 3.09. The second kappa shape index (κ2) is 13.6. The average molecular weight is 470 g/mol. The third-order valence-corrected chi connectivity index (χ3v) is 5.09. The molecule has 2 N–H and O–H groups in total. The minimum absolute atomic E-state index is 0.0356. The van der Waals surface area contributed by atoms with Crippen molar-refractivity contribution in [2.75, 3.05) is 13.7 Å². The topological polar surface area (TPSA) is 120 Å². The summed E-state index contributed by atoms with van der Waals surface area (Å²) in [7, 11) is 1.36. The van der Waals surface area contributed by atoms with Crippen molar-refractivity contribution < 1.29 is 29.1 Å². The zero-order valence-corrected chi connectivity index (χ0v) is 19.5. The van der Waals surface area contributed by atoms with Crippen molar-refractivity contribution in [2.24, 2.45) is 0 Å². The first-order valence-corrected chi connectivity index (χ1v) is 11.1. The highest BCUT2D eigenvalue weighted by Crippen LogP contribution is 2.13. The predicted molar refractivity (Wildman–Crippen MR) is 126 cm³/mol. The number of aliphatic carboxylic acids is 1. The lowest BCUT2D eigenvalue weighted by Crippen LogP contribution is -2.52. The highest BCUT2D eigenvalue weighted by Gasteiger charge is 2.33. The van der Waals surface area contributed by atoms with E-state index in [1.807, 2.05) is 43.3 Å². The maximum absolute atomic E-state index is 12.6. The summed E-state index contributed by atoms with van der Waals surface area (Å²) in [6, 6.07) is 17.0. The molecule has 0 saturated heterocycles. The molecule has 0 aromatic heterocycles. The molecule has 0 aliphatic rings. The van der Waals surface area contributed by atoms with Gasteiger partial charge in [0.1, 0.15) is 6.04 Å². The molecule has 0 aliphatic carbocycles. The van der Waals surface area contributed by atoms with E-state index in [1.165, 1.54) is 7.05 Å². The molecule has 0 spiro atoms.